The Morgan fingerprint density at radius 3 is 2.85 bits per heavy atom. The third kappa shape index (κ3) is 5.60. The molecule has 0 amide bonds. The van der Waals surface area contributed by atoms with Gasteiger partial charge in [0.15, 0.2) is 11.1 Å². The summed E-state index contributed by atoms with van der Waals surface area (Å²) in [6.45, 7) is 5.65. The van der Waals surface area contributed by atoms with Crippen molar-refractivity contribution in [2.75, 3.05) is 43.5 Å². The van der Waals surface area contributed by atoms with E-state index in [0.29, 0.717) is 12.6 Å². The number of rotatable bonds is 6. The summed E-state index contributed by atoms with van der Waals surface area (Å²) >= 11 is 1.65. The van der Waals surface area contributed by atoms with E-state index in [2.05, 4.69) is 63.2 Å². The van der Waals surface area contributed by atoms with Crippen molar-refractivity contribution >= 4 is 28.1 Å². The molecule has 7 heteroatoms. The molecular weight excluding hydrogens is 356 g/mol. The Morgan fingerprint density at radius 2 is 2.15 bits per heavy atom. The van der Waals surface area contributed by atoms with Crippen molar-refractivity contribution in [2.45, 2.75) is 32.4 Å². The molecule has 146 valence electrons. The zero-order chi connectivity index (χ0) is 19.1. The molecule has 0 aliphatic carbocycles. The number of guanidine groups is 1. The lowest BCUT2D eigenvalue weighted by molar-refractivity contribution is 0.468. The average Bonchev–Trinajstić information content (AvgIpc) is 3.17. The number of piperidine rings is 1. The third-order valence-corrected chi connectivity index (χ3v) is 5.61. The first kappa shape index (κ1) is 19.5. The Labute approximate surface area is 166 Å². The van der Waals surface area contributed by atoms with Gasteiger partial charge in [-0.15, -0.1) is 11.3 Å². The van der Waals surface area contributed by atoms with Gasteiger partial charge in [0.25, 0.3) is 0 Å². The van der Waals surface area contributed by atoms with Gasteiger partial charge in [-0.1, -0.05) is 18.2 Å². The quantitative estimate of drug-likeness (QED) is 0.591. The fourth-order valence-electron chi connectivity index (χ4n) is 3.22. The van der Waals surface area contributed by atoms with Gasteiger partial charge in [-0.2, -0.15) is 0 Å². The van der Waals surface area contributed by atoms with E-state index in [0.717, 1.165) is 42.8 Å². The summed E-state index contributed by atoms with van der Waals surface area (Å²) in [4.78, 5) is 13.8. The van der Waals surface area contributed by atoms with Gasteiger partial charge in [0, 0.05) is 50.8 Å². The van der Waals surface area contributed by atoms with Crippen LogP contribution < -0.4 is 20.4 Å². The number of aromatic nitrogens is 1. The second kappa shape index (κ2) is 9.60. The van der Waals surface area contributed by atoms with Gasteiger partial charge in [-0.05, 0) is 31.9 Å². The van der Waals surface area contributed by atoms with Crippen molar-refractivity contribution in [3.63, 3.8) is 0 Å². The molecule has 1 aliphatic rings. The molecule has 3 rings (SSSR count). The molecule has 1 saturated heterocycles. The molecule has 1 aromatic heterocycles. The van der Waals surface area contributed by atoms with E-state index in [-0.39, 0.29) is 0 Å². The van der Waals surface area contributed by atoms with E-state index in [1.165, 1.54) is 12.1 Å². The second-order valence-corrected chi connectivity index (χ2v) is 7.81. The van der Waals surface area contributed by atoms with Gasteiger partial charge in [0.05, 0.1) is 12.2 Å². The van der Waals surface area contributed by atoms with Crippen molar-refractivity contribution in [3.05, 3.63) is 41.4 Å². The summed E-state index contributed by atoms with van der Waals surface area (Å²) in [5.74, 6) is 0.872. The Kier molecular flexibility index (Phi) is 6.92. The zero-order valence-electron chi connectivity index (χ0n) is 16.5. The molecule has 1 aliphatic heterocycles. The van der Waals surface area contributed by atoms with Crippen LogP contribution in [-0.2, 0) is 6.54 Å². The van der Waals surface area contributed by atoms with Crippen LogP contribution in [0, 0.1) is 0 Å². The van der Waals surface area contributed by atoms with E-state index in [4.69, 9.17) is 4.99 Å². The number of hydrogen-bond acceptors (Lipinski definition) is 5. The van der Waals surface area contributed by atoms with Crippen LogP contribution >= 0.6 is 11.3 Å². The third-order valence-electron chi connectivity index (χ3n) is 4.55. The highest BCUT2D eigenvalue weighted by atomic mass is 32.1. The van der Waals surface area contributed by atoms with Crippen LogP contribution in [0.5, 0.6) is 0 Å². The van der Waals surface area contributed by atoms with Crippen LogP contribution in [0.25, 0.3) is 0 Å². The van der Waals surface area contributed by atoms with E-state index in [1.807, 2.05) is 19.0 Å². The molecule has 0 saturated carbocycles. The topological polar surface area (TPSA) is 55.8 Å². The van der Waals surface area contributed by atoms with E-state index in [9.17, 15) is 0 Å². The molecule has 0 spiro atoms. The van der Waals surface area contributed by atoms with Gasteiger partial charge in [0.2, 0.25) is 0 Å². The van der Waals surface area contributed by atoms with Crippen LogP contribution in [0.15, 0.2) is 40.7 Å². The molecule has 1 unspecified atom stereocenters. The molecule has 6 nitrogen and oxygen atoms in total. The Bertz CT molecular complexity index is 727. The summed E-state index contributed by atoms with van der Waals surface area (Å²) < 4.78 is 0. The normalized spacial score (nSPS) is 17.7. The number of nitrogens with zero attached hydrogens (tertiary/aromatic N) is 4. The van der Waals surface area contributed by atoms with Crippen molar-refractivity contribution in [2.24, 2.45) is 4.99 Å². The minimum absolute atomic E-state index is 0.393. The minimum Gasteiger partial charge on any atom is -0.369 e. The SMILES string of the molecule is CCNC(=NCc1csc(N(C)C)n1)NC1CCCN(c2ccccc2)C1. The fourth-order valence-corrected chi connectivity index (χ4v) is 3.97. The Balaban J connectivity index is 1.60. The largest absolute Gasteiger partial charge is 0.369 e. The van der Waals surface area contributed by atoms with Crippen molar-refractivity contribution in [1.29, 1.82) is 0 Å². The van der Waals surface area contributed by atoms with Crippen LogP contribution in [0.1, 0.15) is 25.5 Å². The molecule has 2 aromatic rings. The maximum atomic E-state index is 4.75. The molecule has 1 fully saturated rings. The van der Waals surface area contributed by atoms with Gasteiger partial charge < -0.3 is 20.4 Å². The lowest BCUT2D eigenvalue weighted by atomic mass is 10.1. The Morgan fingerprint density at radius 1 is 1.33 bits per heavy atom. The maximum Gasteiger partial charge on any atom is 0.191 e. The van der Waals surface area contributed by atoms with Gasteiger partial charge >= 0.3 is 0 Å². The summed E-state index contributed by atoms with van der Waals surface area (Å²) in [5, 5.41) is 10.1. The average molecular weight is 387 g/mol. The van der Waals surface area contributed by atoms with E-state index < -0.39 is 0 Å². The number of nitrogens with one attached hydrogen (secondary N) is 2. The first-order chi connectivity index (χ1) is 13.2. The van der Waals surface area contributed by atoms with Gasteiger partial charge in [0.1, 0.15) is 0 Å². The summed E-state index contributed by atoms with van der Waals surface area (Å²) in [6.07, 6.45) is 2.35. The second-order valence-electron chi connectivity index (χ2n) is 6.98. The predicted molar refractivity (Wildman–Crippen MR) is 116 cm³/mol. The highest BCUT2D eigenvalue weighted by Crippen LogP contribution is 2.20. The van der Waals surface area contributed by atoms with E-state index in [1.54, 1.807) is 11.3 Å². The van der Waals surface area contributed by atoms with Crippen molar-refractivity contribution in [3.8, 4) is 0 Å². The number of hydrogen-bond donors (Lipinski definition) is 2. The molecule has 2 N–H and O–H groups in total. The lowest BCUT2D eigenvalue weighted by Crippen LogP contribution is -2.51. The van der Waals surface area contributed by atoms with Gasteiger partial charge in [-0.25, -0.2) is 9.98 Å². The van der Waals surface area contributed by atoms with Crippen LogP contribution in [0.2, 0.25) is 0 Å². The highest BCUT2D eigenvalue weighted by molar-refractivity contribution is 7.13. The Hall–Kier alpha value is -2.28. The van der Waals surface area contributed by atoms with Crippen molar-refractivity contribution < 1.29 is 0 Å². The first-order valence-corrected chi connectivity index (χ1v) is 10.5. The molecule has 1 aromatic carbocycles. The number of para-hydroxylation sites is 1. The molecule has 2 heterocycles. The standard InChI is InChI=1S/C20H30N6S/c1-4-21-19(22-13-17-15-27-20(24-17)25(2)3)23-16-9-8-12-26(14-16)18-10-6-5-7-11-18/h5-7,10-11,15-16H,4,8-9,12-14H2,1-3H3,(H2,21,22,23). The molecule has 1 atom stereocenters. The first-order valence-electron chi connectivity index (χ1n) is 9.62. The number of thiazole rings is 1. The summed E-state index contributed by atoms with van der Waals surface area (Å²) in [5.41, 5.74) is 2.31. The smallest absolute Gasteiger partial charge is 0.191 e. The lowest BCUT2D eigenvalue weighted by Gasteiger charge is -2.35. The summed E-state index contributed by atoms with van der Waals surface area (Å²) in [7, 11) is 4.03. The fraction of sp³-hybridized carbons (Fsp3) is 0.500. The number of aliphatic imine (C=N–C) groups is 1. The summed E-state index contributed by atoms with van der Waals surface area (Å²) in [6, 6.07) is 11.0. The predicted octanol–water partition coefficient (Wildman–Crippen LogP) is 2.93. The van der Waals surface area contributed by atoms with Crippen LogP contribution in [0.3, 0.4) is 0 Å². The van der Waals surface area contributed by atoms with Crippen LogP contribution in [-0.4, -0.2) is 50.7 Å². The zero-order valence-corrected chi connectivity index (χ0v) is 17.3. The minimum atomic E-state index is 0.393. The number of anilines is 2. The monoisotopic (exact) mass is 386 g/mol. The number of benzene rings is 1. The molecular formula is C20H30N6S. The van der Waals surface area contributed by atoms with E-state index >= 15 is 0 Å². The highest BCUT2D eigenvalue weighted by Gasteiger charge is 2.20. The van der Waals surface area contributed by atoms with Gasteiger partial charge in [-0.3, -0.25) is 0 Å². The van der Waals surface area contributed by atoms with Crippen molar-refractivity contribution in [1.82, 2.24) is 15.6 Å². The molecule has 27 heavy (non-hydrogen) atoms. The molecule has 0 radical (unpaired) electrons. The molecule has 0 bridgehead atoms. The van der Waals surface area contributed by atoms with Crippen LogP contribution in [0.4, 0.5) is 10.8 Å². The maximum absolute atomic E-state index is 4.75.